The fraction of sp³-hybridized carbons (Fsp3) is 0.533. The number of hydrogen-bond donors (Lipinski definition) is 1. The summed E-state index contributed by atoms with van der Waals surface area (Å²) in [5.74, 6) is 0.845. The highest BCUT2D eigenvalue weighted by molar-refractivity contribution is 5.74. The van der Waals surface area contributed by atoms with E-state index in [0.717, 1.165) is 11.6 Å². The van der Waals surface area contributed by atoms with E-state index < -0.39 is 0 Å². The average molecular weight is 243 g/mol. The van der Waals surface area contributed by atoms with Crippen LogP contribution in [0.2, 0.25) is 0 Å². The summed E-state index contributed by atoms with van der Waals surface area (Å²) in [5, 5.41) is 9.02. The van der Waals surface area contributed by atoms with E-state index in [4.69, 9.17) is 11.0 Å². The zero-order chi connectivity index (χ0) is 13.1. The van der Waals surface area contributed by atoms with Crippen LogP contribution in [0.25, 0.3) is 0 Å². The van der Waals surface area contributed by atoms with Crippen LogP contribution in [0.4, 0.5) is 11.4 Å². The molecule has 0 saturated heterocycles. The molecule has 1 fully saturated rings. The van der Waals surface area contributed by atoms with Crippen molar-refractivity contribution in [2.24, 2.45) is 5.92 Å². The van der Waals surface area contributed by atoms with Crippen LogP contribution in [-0.2, 0) is 0 Å². The first kappa shape index (κ1) is 12.8. The van der Waals surface area contributed by atoms with Crippen molar-refractivity contribution < 1.29 is 0 Å². The third-order valence-corrected chi connectivity index (χ3v) is 4.12. The molecule has 0 aliphatic heterocycles. The van der Waals surface area contributed by atoms with Gasteiger partial charge in [0.1, 0.15) is 6.07 Å². The van der Waals surface area contributed by atoms with Gasteiger partial charge in [-0.25, -0.2) is 0 Å². The first-order chi connectivity index (χ1) is 8.63. The van der Waals surface area contributed by atoms with Crippen molar-refractivity contribution in [2.45, 2.75) is 38.6 Å². The molecule has 2 N–H and O–H groups in total. The molecule has 0 amide bonds. The smallest absolute Gasteiger partial charge is 0.101 e. The first-order valence-corrected chi connectivity index (χ1v) is 6.65. The lowest BCUT2D eigenvalue weighted by Gasteiger charge is -2.35. The summed E-state index contributed by atoms with van der Waals surface area (Å²) in [7, 11) is 2.09. The van der Waals surface area contributed by atoms with Gasteiger partial charge >= 0.3 is 0 Å². The van der Waals surface area contributed by atoms with E-state index in [9.17, 15) is 0 Å². The van der Waals surface area contributed by atoms with Gasteiger partial charge in [0.15, 0.2) is 0 Å². The highest BCUT2D eigenvalue weighted by atomic mass is 15.1. The van der Waals surface area contributed by atoms with E-state index in [-0.39, 0.29) is 0 Å². The van der Waals surface area contributed by atoms with Crippen LogP contribution in [0.1, 0.15) is 38.2 Å². The Bertz CT molecular complexity index is 453. The summed E-state index contributed by atoms with van der Waals surface area (Å²) in [6, 6.07) is 8.39. The van der Waals surface area contributed by atoms with Gasteiger partial charge in [-0.2, -0.15) is 5.26 Å². The van der Waals surface area contributed by atoms with Gasteiger partial charge in [-0.3, -0.25) is 0 Å². The Balaban J connectivity index is 2.19. The second kappa shape index (κ2) is 5.30. The Morgan fingerprint density at radius 3 is 2.56 bits per heavy atom. The second-order valence-corrected chi connectivity index (χ2v) is 5.37. The highest BCUT2D eigenvalue weighted by Gasteiger charge is 2.23. The van der Waals surface area contributed by atoms with Gasteiger partial charge in [-0.15, -0.1) is 0 Å². The minimum Gasteiger partial charge on any atom is -0.396 e. The number of nitrogens with zero attached hydrogens (tertiary/aromatic N) is 2. The molecule has 0 aromatic heterocycles. The minimum absolute atomic E-state index is 0.553. The van der Waals surface area contributed by atoms with Gasteiger partial charge in [0.25, 0.3) is 0 Å². The molecule has 3 nitrogen and oxygen atoms in total. The Labute approximate surface area is 109 Å². The molecule has 1 aliphatic carbocycles. The lowest BCUT2D eigenvalue weighted by molar-refractivity contribution is 0.341. The molecule has 96 valence electrons. The number of para-hydroxylation sites is 1. The van der Waals surface area contributed by atoms with Gasteiger partial charge in [0.05, 0.1) is 16.9 Å². The summed E-state index contributed by atoms with van der Waals surface area (Å²) in [6.45, 7) is 2.32. The predicted octanol–water partition coefficient (Wildman–Crippen LogP) is 3.16. The van der Waals surface area contributed by atoms with Crippen LogP contribution in [0, 0.1) is 17.2 Å². The quantitative estimate of drug-likeness (QED) is 0.812. The Morgan fingerprint density at radius 1 is 1.28 bits per heavy atom. The number of anilines is 2. The number of nitrogens with two attached hydrogens (primary N) is 1. The summed E-state index contributed by atoms with van der Waals surface area (Å²) >= 11 is 0. The van der Waals surface area contributed by atoms with Crippen molar-refractivity contribution in [3.05, 3.63) is 23.8 Å². The molecule has 3 heteroatoms. The summed E-state index contributed by atoms with van der Waals surface area (Å²) in [5.41, 5.74) is 8.24. The van der Waals surface area contributed by atoms with Crippen LogP contribution < -0.4 is 10.6 Å². The molecule has 1 aromatic carbocycles. The monoisotopic (exact) mass is 243 g/mol. The van der Waals surface area contributed by atoms with Crippen molar-refractivity contribution in [1.82, 2.24) is 0 Å². The molecule has 2 rings (SSSR count). The molecule has 1 aromatic rings. The fourth-order valence-corrected chi connectivity index (χ4v) is 2.78. The van der Waals surface area contributed by atoms with E-state index in [0.29, 0.717) is 17.3 Å². The third-order valence-electron chi connectivity index (χ3n) is 4.12. The highest BCUT2D eigenvalue weighted by Crippen LogP contribution is 2.32. The molecule has 0 radical (unpaired) electrons. The molecule has 1 saturated carbocycles. The van der Waals surface area contributed by atoms with E-state index in [2.05, 4.69) is 24.9 Å². The SMILES string of the molecule is CC1CCC(N(C)c2cccc(C#N)c2N)CC1. The van der Waals surface area contributed by atoms with Crippen LogP contribution in [0.15, 0.2) is 18.2 Å². The first-order valence-electron chi connectivity index (χ1n) is 6.65. The molecule has 0 atom stereocenters. The zero-order valence-electron chi connectivity index (χ0n) is 11.2. The van der Waals surface area contributed by atoms with Gasteiger partial charge in [-0.1, -0.05) is 13.0 Å². The molecule has 0 heterocycles. The van der Waals surface area contributed by atoms with Gasteiger partial charge in [0.2, 0.25) is 0 Å². The Kier molecular flexibility index (Phi) is 3.76. The Morgan fingerprint density at radius 2 is 1.94 bits per heavy atom. The predicted molar refractivity (Wildman–Crippen MR) is 75.4 cm³/mol. The van der Waals surface area contributed by atoms with Crippen molar-refractivity contribution in [3.63, 3.8) is 0 Å². The van der Waals surface area contributed by atoms with Crippen LogP contribution >= 0.6 is 0 Å². The summed E-state index contributed by atoms with van der Waals surface area (Å²) in [4.78, 5) is 2.25. The number of rotatable bonds is 2. The molecule has 0 unspecified atom stereocenters. The number of hydrogen-bond acceptors (Lipinski definition) is 3. The van der Waals surface area contributed by atoms with Crippen molar-refractivity contribution in [3.8, 4) is 6.07 Å². The standard InChI is InChI=1S/C15H21N3/c1-11-6-8-13(9-7-11)18(2)14-5-3-4-12(10-16)15(14)17/h3-5,11,13H,6-9,17H2,1-2H3. The molecule has 0 bridgehead atoms. The third kappa shape index (κ3) is 2.43. The van der Waals surface area contributed by atoms with Crippen LogP contribution in [-0.4, -0.2) is 13.1 Å². The normalized spacial score (nSPS) is 23.4. The number of nitrogen functional groups attached to an aromatic ring is 1. The zero-order valence-corrected chi connectivity index (χ0v) is 11.2. The molecule has 18 heavy (non-hydrogen) atoms. The maximum absolute atomic E-state index is 9.02. The maximum Gasteiger partial charge on any atom is 0.101 e. The lowest BCUT2D eigenvalue weighted by atomic mass is 9.86. The summed E-state index contributed by atoms with van der Waals surface area (Å²) in [6.07, 6.45) is 5.00. The van der Waals surface area contributed by atoms with Crippen molar-refractivity contribution in [1.29, 1.82) is 5.26 Å². The molecule has 0 spiro atoms. The van der Waals surface area contributed by atoms with Crippen molar-refractivity contribution in [2.75, 3.05) is 17.7 Å². The number of nitriles is 1. The molecular formula is C15H21N3. The lowest BCUT2D eigenvalue weighted by Crippen LogP contribution is -2.35. The van der Waals surface area contributed by atoms with Gasteiger partial charge in [0, 0.05) is 13.1 Å². The second-order valence-electron chi connectivity index (χ2n) is 5.37. The molecule has 1 aliphatic rings. The van der Waals surface area contributed by atoms with Gasteiger partial charge < -0.3 is 10.6 Å². The van der Waals surface area contributed by atoms with E-state index in [1.807, 2.05) is 12.1 Å². The van der Waals surface area contributed by atoms with E-state index in [1.165, 1.54) is 25.7 Å². The maximum atomic E-state index is 9.02. The average Bonchev–Trinajstić information content (AvgIpc) is 2.39. The van der Waals surface area contributed by atoms with E-state index in [1.54, 1.807) is 6.07 Å². The molecular weight excluding hydrogens is 222 g/mol. The van der Waals surface area contributed by atoms with E-state index >= 15 is 0 Å². The minimum atomic E-state index is 0.553. The van der Waals surface area contributed by atoms with Gasteiger partial charge in [-0.05, 0) is 43.7 Å². The van der Waals surface area contributed by atoms with Crippen LogP contribution in [0.3, 0.4) is 0 Å². The van der Waals surface area contributed by atoms with Crippen LogP contribution in [0.5, 0.6) is 0 Å². The topological polar surface area (TPSA) is 53.0 Å². The fourth-order valence-electron chi connectivity index (χ4n) is 2.78. The van der Waals surface area contributed by atoms with Crippen molar-refractivity contribution >= 4 is 11.4 Å². The Hall–Kier alpha value is -1.69. The number of benzene rings is 1. The summed E-state index contributed by atoms with van der Waals surface area (Å²) < 4.78 is 0. The largest absolute Gasteiger partial charge is 0.396 e.